The number of carbonyl (C=O) groups excluding carboxylic acids is 1. The zero-order valence-electron chi connectivity index (χ0n) is 20.5. The average Bonchev–Trinajstić information content (AvgIpc) is 3.25. The molecule has 3 aromatic rings. The van der Waals surface area contributed by atoms with Crippen molar-refractivity contribution in [3.05, 3.63) is 77.4 Å². The highest BCUT2D eigenvalue weighted by molar-refractivity contribution is 6.11. The fourth-order valence-corrected chi connectivity index (χ4v) is 4.42. The number of nitrogens with one attached hydrogen (secondary N) is 1. The van der Waals surface area contributed by atoms with Gasteiger partial charge in [-0.2, -0.15) is 0 Å². The minimum absolute atomic E-state index is 0.00303. The molecule has 0 fully saturated rings. The van der Waals surface area contributed by atoms with Crippen LogP contribution in [-0.4, -0.2) is 32.3 Å². The lowest BCUT2D eigenvalue weighted by Crippen LogP contribution is -2.37. The Morgan fingerprint density at radius 1 is 0.632 bits per heavy atom. The number of para-hydroxylation sites is 1. The molecule has 6 heteroatoms. The molecule has 0 unspecified atom stereocenters. The molecular formula is C32H23NO5. The van der Waals surface area contributed by atoms with Gasteiger partial charge in [-0.25, -0.2) is 0 Å². The van der Waals surface area contributed by atoms with Gasteiger partial charge in [0, 0.05) is 11.3 Å². The van der Waals surface area contributed by atoms with Crippen LogP contribution in [0.3, 0.4) is 0 Å². The molecule has 0 radical (unpaired) electrons. The first-order valence-corrected chi connectivity index (χ1v) is 11.5. The van der Waals surface area contributed by atoms with Gasteiger partial charge in [-0.1, -0.05) is 54.0 Å². The molecule has 38 heavy (non-hydrogen) atoms. The summed E-state index contributed by atoms with van der Waals surface area (Å²) < 4.78 is 22.9. The van der Waals surface area contributed by atoms with Crippen molar-refractivity contribution >= 4 is 11.6 Å². The highest BCUT2D eigenvalue weighted by Gasteiger charge is 2.50. The fraction of sp³-hybridized carbons (Fsp3) is 0.156. The van der Waals surface area contributed by atoms with Crippen LogP contribution in [0.4, 0.5) is 5.69 Å². The predicted molar refractivity (Wildman–Crippen MR) is 145 cm³/mol. The third kappa shape index (κ3) is 4.68. The lowest BCUT2D eigenvalue weighted by atomic mass is 9.70. The Labute approximate surface area is 222 Å². The van der Waals surface area contributed by atoms with Gasteiger partial charge < -0.3 is 24.3 Å². The molecule has 0 spiro atoms. The smallest absolute Gasteiger partial charge is 0.244 e. The molecule has 186 valence electrons. The van der Waals surface area contributed by atoms with Crippen LogP contribution in [0.15, 0.2) is 60.7 Å². The first-order chi connectivity index (χ1) is 18.6. The lowest BCUT2D eigenvalue weighted by molar-refractivity contribution is -0.118. The van der Waals surface area contributed by atoms with Crippen molar-refractivity contribution < 1.29 is 23.7 Å². The van der Waals surface area contributed by atoms with E-state index in [0.717, 1.165) is 5.56 Å². The molecule has 3 aromatic carbocycles. The highest BCUT2D eigenvalue weighted by Crippen LogP contribution is 2.50. The number of rotatable bonds is 10. The van der Waals surface area contributed by atoms with E-state index in [1.54, 1.807) is 36.4 Å². The lowest BCUT2D eigenvalue weighted by Gasteiger charge is -2.30. The second-order valence-electron chi connectivity index (χ2n) is 8.04. The van der Waals surface area contributed by atoms with Crippen LogP contribution in [-0.2, 0) is 10.2 Å². The molecule has 0 atom stereocenters. The number of ether oxygens (including phenoxy) is 4. The zero-order chi connectivity index (χ0) is 27.0. The summed E-state index contributed by atoms with van der Waals surface area (Å²) in [5.41, 5.74) is 1.36. The van der Waals surface area contributed by atoms with Crippen molar-refractivity contribution in [1.29, 1.82) is 0 Å². The normalized spacial score (nSPS) is 12.5. The summed E-state index contributed by atoms with van der Waals surface area (Å²) in [5, 5.41) is 3.01. The number of hydrogen-bond donors (Lipinski definition) is 1. The molecule has 1 amide bonds. The zero-order valence-corrected chi connectivity index (χ0v) is 20.5. The molecule has 1 N–H and O–H groups in total. The van der Waals surface area contributed by atoms with Crippen LogP contribution in [0.25, 0.3) is 0 Å². The summed E-state index contributed by atoms with van der Waals surface area (Å²) in [5.74, 6) is 11.0. The van der Waals surface area contributed by atoms with Crippen molar-refractivity contribution in [2.24, 2.45) is 0 Å². The molecule has 0 aliphatic carbocycles. The topological polar surface area (TPSA) is 66.0 Å². The van der Waals surface area contributed by atoms with Crippen LogP contribution in [0.1, 0.15) is 16.7 Å². The minimum Gasteiger partial charge on any atom is -0.477 e. The second kappa shape index (κ2) is 11.5. The SMILES string of the molecule is C#CCOc1ccc(C2(c3ccc(OCC#C)c(OCC#C)c3)C(=O)Nc3ccccc32)cc1OCC#C. The third-order valence-corrected chi connectivity index (χ3v) is 5.92. The van der Waals surface area contributed by atoms with Gasteiger partial charge in [0.15, 0.2) is 23.0 Å². The van der Waals surface area contributed by atoms with Crippen molar-refractivity contribution in [3.8, 4) is 72.4 Å². The van der Waals surface area contributed by atoms with Crippen LogP contribution in [0, 0.1) is 49.4 Å². The van der Waals surface area contributed by atoms with E-state index in [9.17, 15) is 4.79 Å². The molecule has 1 aliphatic rings. The Morgan fingerprint density at radius 2 is 1.08 bits per heavy atom. The monoisotopic (exact) mass is 501 g/mol. The summed E-state index contributed by atoms with van der Waals surface area (Å²) in [6, 6.07) is 17.9. The van der Waals surface area contributed by atoms with E-state index < -0.39 is 5.41 Å². The van der Waals surface area contributed by atoms with Crippen molar-refractivity contribution in [2.45, 2.75) is 5.41 Å². The van der Waals surface area contributed by atoms with E-state index >= 15 is 0 Å². The summed E-state index contributed by atoms with van der Waals surface area (Å²) in [6.45, 7) is 0.0678. The minimum atomic E-state index is -1.28. The van der Waals surface area contributed by atoms with E-state index in [4.69, 9.17) is 44.6 Å². The number of hydrogen-bond acceptors (Lipinski definition) is 5. The van der Waals surface area contributed by atoms with E-state index in [2.05, 4.69) is 29.0 Å². The molecule has 0 aromatic heterocycles. The summed E-state index contributed by atoms with van der Waals surface area (Å²) >= 11 is 0. The fourth-order valence-electron chi connectivity index (χ4n) is 4.42. The number of amides is 1. The number of fused-ring (bicyclic) bond motifs is 1. The standard InChI is InChI=1S/C32H23NO5/c1-5-17-35-27-15-13-23(21-29(27)37-19-7-3)32(25-11-9-10-12-26(25)33-31(32)34)24-14-16-28(36-18-6-2)30(22-24)38-20-8-4/h1-4,9-16,21-22H,17-20H2,(H,33,34). The van der Waals surface area contributed by atoms with Gasteiger partial charge in [-0.3, -0.25) is 4.79 Å². The third-order valence-electron chi connectivity index (χ3n) is 5.92. The Kier molecular flexibility index (Phi) is 7.79. The Hall–Kier alpha value is -5.43. The maximum atomic E-state index is 13.9. The Bertz CT molecular complexity index is 1440. The van der Waals surface area contributed by atoms with Gasteiger partial charge in [0.1, 0.15) is 31.8 Å². The molecule has 0 bridgehead atoms. The second-order valence-corrected chi connectivity index (χ2v) is 8.04. The van der Waals surface area contributed by atoms with Crippen molar-refractivity contribution in [2.75, 3.05) is 31.7 Å². The van der Waals surface area contributed by atoms with E-state index in [-0.39, 0.29) is 32.3 Å². The van der Waals surface area contributed by atoms with Gasteiger partial charge in [-0.15, -0.1) is 25.7 Å². The molecule has 6 nitrogen and oxygen atoms in total. The summed E-state index contributed by atoms with van der Waals surface area (Å²) in [7, 11) is 0. The summed E-state index contributed by atoms with van der Waals surface area (Å²) in [6.07, 6.45) is 21.6. The molecular weight excluding hydrogens is 478 g/mol. The predicted octanol–water partition coefficient (Wildman–Crippen LogP) is 4.02. The number of anilines is 1. The van der Waals surface area contributed by atoms with E-state index in [1.165, 1.54) is 0 Å². The van der Waals surface area contributed by atoms with Gasteiger partial charge in [0.05, 0.1) is 0 Å². The van der Waals surface area contributed by atoms with Gasteiger partial charge in [0.25, 0.3) is 0 Å². The Balaban J connectivity index is 1.96. The number of terminal acetylenes is 4. The maximum Gasteiger partial charge on any atom is 0.244 e. The largest absolute Gasteiger partial charge is 0.477 e. The molecule has 1 aliphatic heterocycles. The van der Waals surface area contributed by atoms with Crippen LogP contribution < -0.4 is 24.3 Å². The highest BCUT2D eigenvalue weighted by atomic mass is 16.5. The maximum absolute atomic E-state index is 13.9. The van der Waals surface area contributed by atoms with Gasteiger partial charge in [-0.05, 0) is 41.5 Å². The van der Waals surface area contributed by atoms with Gasteiger partial charge in [0.2, 0.25) is 5.91 Å². The molecule has 0 saturated carbocycles. The van der Waals surface area contributed by atoms with Crippen LogP contribution in [0.5, 0.6) is 23.0 Å². The first-order valence-electron chi connectivity index (χ1n) is 11.5. The van der Waals surface area contributed by atoms with Crippen molar-refractivity contribution in [3.63, 3.8) is 0 Å². The van der Waals surface area contributed by atoms with E-state index in [1.807, 2.05) is 24.3 Å². The molecule has 4 rings (SSSR count). The first kappa shape index (κ1) is 25.7. The molecule has 0 saturated heterocycles. The van der Waals surface area contributed by atoms with Crippen LogP contribution in [0.2, 0.25) is 0 Å². The number of benzene rings is 3. The molecule has 1 heterocycles. The van der Waals surface area contributed by atoms with Crippen LogP contribution >= 0.6 is 0 Å². The quantitative estimate of drug-likeness (QED) is 0.425. The van der Waals surface area contributed by atoms with Gasteiger partial charge >= 0.3 is 0 Å². The summed E-state index contributed by atoms with van der Waals surface area (Å²) in [4.78, 5) is 13.9. The van der Waals surface area contributed by atoms with Crippen molar-refractivity contribution in [1.82, 2.24) is 0 Å². The average molecular weight is 502 g/mol. The number of carbonyl (C=O) groups is 1. The van der Waals surface area contributed by atoms with E-state index in [0.29, 0.717) is 39.8 Å². The Morgan fingerprint density at radius 3 is 1.55 bits per heavy atom.